The van der Waals surface area contributed by atoms with E-state index in [9.17, 15) is 31.5 Å². The molecule has 3 unspecified atom stereocenters. The van der Waals surface area contributed by atoms with Crippen molar-refractivity contribution in [2.45, 2.75) is 13.0 Å². The number of amides is 2. The lowest BCUT2D eigenvalue weighted by Crippen LogP contribution is -2.42. The number of methoxy groups -OCH3 is 1. The van der Waals surface area contributed by atoms with Crippen LogP contribution in [0.2, 0.25) is 0 Å². The maximum atomic E-state index is 15.5. The van der Waals surface area contributed by atoms with E-state index in [1.807, 2.05) is 0 Å². The summed E-state index contributed by atoms with van der Waals surface area (Å²) in [6, 6.07) is 0.0146. The van der Waals surface area contributed by atoms with Crippen molar-refractivity contribution in [1.82, 2.24) is 9.47 Å². The van der Waals surface area contributed by atoms with Gasteiger partial charge in [0, 0.05) is 61.3 Å². The molecule has 2 aromatic rings. The Kier molecular flexibility index (Phi) is 8.81. The van der Waals surface area contributed by atoms with Crippen LogP contribution in [0.25, 0.3) is 0 Å². The minimum atomic E-state index is -3.06. The molecule has 202 valence electrons. The standard InChI is InChI=1S/C22H24F4N4O6S/c1-4-36-22(32)29-9-12(5-6-35-3)16(11-29)30(37(33)34)17-10-28(2)20(19(17)26)21(31)27-13-7-14(23)18(25)15(24)8-13/h5-8,10,12,16H,4,9,11H2,1-3H3,(H,27,31)(H,33,34)/p-1. The Hall–Kier alpha value is -3.59. The molecule has 2 amide bonds. The maximum Gasteiger partial charge on any atom is 0.409 e. The lowest BCUT2D eigenvalue weighted by atomic mass is 10.0. The van der Waals surface area contributed by atoms with Crippen LogP contribution in [0.15, 0.2) is 30.7 Å². The van der Waals surface area contributed by atoms with E-state index in [0.29, 0.717) is 16.4 Å². The van der Waals surface area contributed by atoms with Crippen molar-refractivity contribution in [3.63, 3.8) is 0 Å². The molecule has 0 aliphatic carbocycles. The molecule has 15 heteroatoms. The second-order valence-electron chi connectivity index (χ2n) is 7.94. The van der Waals surface area contributed by atoms with Gasteiger partial charge >= 0.3 is 6.09 Å². The number of ether oxygens (including phenoxy) is 2. The van der Waals surface area contributed by atoms with Crippen LogP contribution in [0.3, 0.4) is 0 Å². The van der Waals surface area contributed by atoms with Crippen molar-refractivity contribution < 1.29 is 45.4 Å². The molecule has 0 spiro atoms. The highest BCUT2D eigenvalue weighted by molar-refractivity contribution is 7.80. The average molecular weight is 548 g/mol. The van der Waals surface area contributed by atoms with Crippen LogP contribution >= 0.6 is 0 Å². The van der Waals surface area contributed by atoms with Gasteiger partial charge in [0.05, 0.1) is 26.0 Å². The van der Waals surface area contributed by atoms with Crippen molar-refractivity contribution >= 4 is 34.6 Å². The smallest absolute Gasteiger partial charge is 0.409 e. The first-order valence-corrected chi connectivity index (χ1v) is 11.8. The van der Waals surface area contributed by atoms with Gasteiger partial charge in [-0.15, -0.1) is 0 Å². The third kappa shape index (κ3) is 5.88. The van der Waals surface area contributed by atoms with Crippen LogP contribution in [0, 0.1) is 29.2 Å². The van der Waals surface area contributed by atoms with Crippen LogP contribution in [-0.2, 0) is 27.8 Å². The Morgan fingerprint density at radius 3 is 2.43 bits per heavy atom. The zero-order chi connectivity index (χ0) is 27.4. The SMILES string of the molecule is CCOC(=O)N1CC(C=COC)C(N(c2cn(C)c(C(=O)Nc3cc(F)c(F)c(F)c3)c2F)S(=O)[O-])C1. The zero-order valence-corrected chi connectivity index (χ0v) is 20.7. The molecular weight excluding hydrogens is 524 g/mol. The molecule has 1 aliphatic rings. The number of nitrogens with zero attached hydrogens (tertiary/aromatic N) is 3. The zero-order valence-electron chi connectivity index (χ0n) is 19.9. The van der Waals surface area contributed by atoms with Crippen molar-refractivity contribution in [2.24, 2.45) is 13.0 Å². The molecule has 37 heavy (non-hydrogen) atoms. The molecule has 1 saturated heterocycles. The van der Waals surface area contributed by atoms with Crippen LogP contribution in [0.1, 0.15) is 17.4 Å². The summed E-state index contributed by atoms with van der Waals surface area (Å²) in [4.78, 5) is 26.2. The molecule has 1 aromatic heterocycles. The first-order chi connectivity index (χ1) is 17.5. The van der Waals surface area contributed by atoms with E-state index in [2.05, 4.69) is 5.32 Å². The fraction of sp³-hybridized carbons (Fsp3) is 0.364. The van der Waals surface area contributed by atoms with Gasteiger partial charge in [0.15, 0.2) is 23.3 Å². The minimum absolute atomic E-state index is 0.0422. The van der Waals surface area contributed by atoms with Gasteiger partial charge in [0.2, 0.25) is 0 Å². The van der Waals surface area contributed by atoms with E-state index in [1.54, 1.807) is 6.92 Å². The van der Waals surface area contributed by atoms with Crippen molar-refractivity contribution in [3.05, 3.63) is 59.6 Å². The van der Waals surface area contributed by atoms with E-state index in [1.165, 1.54) is 31.4 Å². The number of halogens is 4. The molecule has 3 atom stereocenters. The molecule has 0 radical (unpaired) electrons. The fourth-order valence-electron chi connectivity index (χ4n) is 3.97. The molecule has 1 fully saturated rings. The van der Waals surface area contributed by atoms with Crippen molar-refractivity contribution in [3.8, 4) is 0 Å². The summed E-state index contributed by atoms with van der Waals surface area (Å²) in [5, 5.41) is 2.06. The van der Waals surface area contributed by atoms with Gasteiger partial charge in [-0.2, -0.15) is 0 Å². The number of carbonyl (C=O) groups is 2. The number of likely N-dealkylation sites (tertiary alicyclic amines) is 1. The average Bonchev–Trinajstić information content (AvgIpc) is 3.36. The number of hydrogen-bond donors (Lipinski definition) is 1. The van der Waals surface area contributed by atoms with Crippen LogP contribution in [0.4, 0.5) is 33.7 Å². The van der Waals surface area contributed by atoms with Gasteiger partial charge in [0.25, 0.3) is 5.91 Å². The molecule has 0 saturated carbocycles. The second kappa shape index (κ2) is 11.6. The molecule has 2 heterocycles. The predicted octanol–water partition coefficient (Wildman–Crippen LogP) is 3.05. The summed E-state index contributed by atoms with van der Waals surface area (Å²) in [5.41, 5.74) is -1.66. The Labute approximate surface area is 211 Å². The molecule has 3 rings (SSSR count). The third-order valence-electron chi connectivity index (χ3n) is 5.58. The van der Waals surface area contributed by atoms with Crippen LogP contribution in [-0.4, -0.2) is 63.1 Å². The second-order valence-corrected chi connectivity index (χ2v) is 8.77. The van der Waals surface area contributed by atoms with Gasteiger partial charge in [0.1, 0.15) is 11.4 Å². The largest absolute Gasteiger partial charge is 0.755 e. The first kappa shape index (κ1) is 28.0. The number of rotatable bonds is 8. The summed E-state index contributed by atoms with van der Waals surface area (Å²) < 4.78 is 91.9. The summed E-state index contributed by atoms with van der Waals surface area (Å²) in [6.45, 7) is 1.58. The van der Waals surface area contributed by atoms with E-state index in [0.717, 1.165) is 10.8 Å². The highest BCUT2D eigenvalue weighted by atomic mass is 32.2. The van der Waals surface area contributed by atoms with Gasteiger partial charge in [-0.1, -0.05) is 0 Å². The van der Waals surface area contributed by atoms with Gasteiger partial charge in [-0.3, -0.25) is 13.3 Å². The Bertz CT molecular complexity index is 1220. The highest BCUT2D eigenvalue weighted by Crippen LogP contribution is 2.33. The van der Waals surface area contributed by atoms with Gasteiger partial charge < -0.3 is 28.8 Å². The number of aryl methyl sites for hydroxylation is 1. The highest BCUT2D eigenvalue weighted by Gasteiger charge is 2.41. The quantitative estimate of drug-likeness (QED) is 0.235. The van der Waals surface area contributed by atoms with Crippen LogP contribution in [0.5, 0.6) is 0 Å². The van der Waals surface area contributed by atoms with E-state index < -0.39 is 75.6 Å². The van der Waals surface area contributed by atoms with Crippen molar-refractivity contribution in [1.29, 1.82) is 0 Å². The Morgan fingerprint density at radius 1 is 1.22 bits per heavy atom. The number of anilines is 2. The predicted molar refractivity (Wildman–Crippen MR) is 123 cm³/mol. The number of benzene rings is 1. The summed E-state index contributed by atoms with van der Waals surface area (Å²) >= 11 is -3.06. The van der Waals surface area contributed by atoms with Crippen LogP contribution < -0.4 is 9.62 Å². The molecule has 1 aromatic carbocycles. The molecule has 10 nitrogen and oxygen atoms in total. The number of aromatic nitrogens is 1. The van der Waals surface area contributed by atoms with Gasteiger partial charge in [-0.25, -0.2) is 22.4 Å². The molecule has 1 N–H and O–H groups in total. The lowest BCUT2D eigenvalue weighted by molar-refractivity contribution is 0.101. The summed E-state index contributed by atoms with van der Waals surface area (Å²) in [7, 11) is 2.62. The third-order valence-corrected chi connectivity index (χ3v) is 6.37. The normalized spacial score (nSPS) is 18.2. The topological polar surface area (TPSA) is 116 Å². The number of carbonyl (C=O) groups excluding carboxylic acids is 2. The fourth-order valence-corrected chi connectivity index (χ4v) is 4.71. The molecular formula is C22H23F4N4O6S-. The number of nitrogens with one attached hydrogen (secondary N) is 1. The molecule has 1 aliphatic heterocycles. The number of hydrogen-bond acceptors (Lipinski definition) is 6. The van der Waals surface area contributed by atoms with E-state index >= 15 is 4.39 Å². The van der Waals surface area contributed by atoms with E-state index in [4.69, 9.17) is 9.47 Å². The Balaban J connectivity index is 1.97. The minimum Gasteiger partial charge on any atom is -0.755 e. The van der Waals surface area contributed by atoms with Gasteiger partial charge in [-0.05, 0) is 13.0 Å². The summed E-state index contributed by atoms with van der Waals surface area (Å²) in [6.07, 6.45) is 3.15. The maximum absolute atomic E-state index is 15.5. The summed E-state index contributed by atoms with van der Waals surface area (Å²) in [5.74, 6) is -7.95. The lowest BCUT2D eigenvalue weighted by Gasteiger charge is -2.33. The molecule has 0 bridgehead atoms. The van der Waals surface area contributed by atoms with Crippen molar-refractivity contribution in [2.75, 3.05) is 36.4 Å². The van der Waals surface area contributed by atoms with E-state index in [-0.39, 0.29) is 19.7 Å². The monoisotopic (exact) mass is 547 g/mol. The first-order valence-electron chi connectivity index (χ1n) is 10.8. The Morgan fingerprint density at radius 2 is 1.86 bits per heavy atom.